The standard InChI is InChI=1S/C10H9BrO3/c1-14-10(13)8(11)6-7-4-2-3-5-9(7)12/h2-6,12H,1H3/b8-6-. The smallest absolute Gasteiger partial charge is 0.344 e. The van der Waals surface area contributed by atoms with Gasteiger partial charge < -0.3 is 9.84 Å². The Morgan fingerprint density at radius 1 is 1.50 bits per heavy atom. The Balaban J connectivity index is 2.97. The first-order chi connectivity index (χ1) is 6.65. The van der Waals surface area contributed by atoms with Crippen LogP contribution in [0.15, 0.2) is 28.7 Å². The Morgan fingerprint density at radius 3 is 2.71 bits per heavy atom. The van der Waals surface area contributed by atoms with Crippen LogP contribution in [-0.4, -0.2) is 18.2 Å². The van der Waals surface area contributed by atoms with E-state index >= 15 is 0 Å². The first kappa shape index (κ1) is 10.8. The molecule has 0 aliphatic heterocycles. The Hall–Kier alpha value is -1.29. The number of hydrogen-bond acceptors (Lipinski definition) is 3. The zero-order valence-electron chi connectivity index (χ0n) is 7.53. The van der Waals surface area contributed by atoms with Gasteiger partial charge in [-0.2, -0.15) is 0 Å². The van der Waals surface area contributed by atoms with Crippen LogP contribution in [0.4, 0.5) is 0 Å². The topological polar surface area (TPSA) is 46.5 Å². The predicted molar refractivity (Wildman–Crippen MR) is 57.0 cm³/mol. The fourth-order valence-corrected chi connectivity index (χ4v) is 1.31. The molecule has 0 heterocycles. The molecule has 3 nitrogen and oxygen atoms in total. The summed E-state index contributed by atoms with van der Waals surface area (Å²) in [5, 5.41) is 9.40. The fraction of sp³-hybridized carbons (Fsp3) is 0.100. The van der Waals surface area contributed by atoms with Gasteiger partial charge in [-0.25, -0.2) is 4.79 Å². The third-order valence-electron chi connectivity index (χ3n) is 1.60. The molecule has 0 bridgehead atoms. The molecule has 0 atom stereocenters. The van der Waals surface area contributed by atoms with Gasteiger partial charge in [0.1, 0.15) is 10.2 Å². The van der Waals surface area contributed by atoms with Gasteiger partial charge in [0.15, 0.2) is 0 Å². The summed E-state index contributed by atoms with van der Waals surface area (Å²) in [6.07, 6.45) is 1.50. The van der Waals surface area contributed by atoms with E-state index in [9.17, 15) is 9.90 Å². The molecule has 0 aliphatic rings. The number of aromatic hydroxyl groups is 1. The zero-order chi connectivity index (χ0) is 10.6. The summed E-state index contributed by atoms with van der Waals surface area (Å²) in [7, 11) is 1.29. The second kappa shape index (κ2) is 4.81. The summed E-state index contributed by atoms with van der Waals surface area (Å²) in [6, 6.07) is 6.71. The Labute approximate surface area is 90.1 Å². The van der Waals surface area contributed by atoms with E-state index in [0.717, 1.165) is 0 Å². The molecule has 0 aliphatic carbocycles. The third-order valence-corrected chi connectivity index (χ3v) is 2.15. The van der Waals surface area contributed by atoms with Crippen molar-refractivity contribution in [3.8, 4) is 5.75 Å². The summed E-state index contributed by atoms with van der Waals surface area (Å²) in [5.41, 5.74) is 0.560. The number of rotatable bonds is 2. The second-order valence-corrected chi connectivity index (χ2v) is 3.40. The van der Waals surface area contributed by atoms with E-state index in [4.69, 9.17) is 0 Å². The maximum absolute atomic E-state index is 11.0. The zero-order valence-corrected chi connectivity index (χ0v) is 9.11. The van der Waals surface area contributed by atoms with Crippen molar-refractivity contribution in [3.05, 3.63) is 34.3 Å². The number of phenols is 1. The van der Waals surface area contributed by atoms with Crippen LogP contribution in [0.25, 0.3) is 6.08 Å². The van der Waals surface area contributed by atoms with Gasteiger partial charge in [-0.05, 0) is 28.1 Å². The van der Waals surface area contributed by atoms with E-state index in [-0.39, 0.29) is 10.2 Å². The van der Waals surface area contributed by atoms with Crippen molar-refractivity contribution < 1.29 is 14.6 Å². The number of benzene rings is 1. The number of ether oxygens (including phenoxy) is 1. The highest BCUT2D eigenvalue weighted by atomic mass is 79.9. The molecule has 0 fully saturated rings. The number of hydrogen-bond donors (Lipinski definition) is 1. The average molecular weight is 257 g/mol. The molecular formula is C10H9BrO3. The Morgan fingerprint density at radius 2 is 2.14 bits per heavy atom. The first-order valence-electron chi connectivity index (χ1n) is 3.88. The monoisotopic (exact) mass is 256 g/mol. The highest BCUT2D eigenvalue weighted by Crippen LogP contribution is 2.21. The highest BCUT2D eigenvalue weighted by Gasteiger charge is 2.06. The molecular weight excluding hydrogens is 248 g/mol. The predicted octanol–water partition coefficient (Wildman–Crippen LogP) is 2.30. The molecule has 0 radical (unpaired) electrons. The summed E-state index contributed by atoms with van der Waals surface area (Å²) in [6.45, 7) is 0. The lowest BCUT2D eigenvalue weighted by molar-refractivity contribution is -0.135. The summed E-state index contributed by atoms with van der Waals surface area (Å²) in [4.78, 5) is 11.0. The number of halogens is 1. The van der Waals surface area contributed by atoms with Crippen LogP contribution in [0.1, 0.15) is 5.56 Å². The van der Waals surface area contributed by atoms with Gasteiger partial charge in [0.2, 0.25) is 0 Å². The van der Waals surface area contributed by atoms with Crippen LogP contribution < -0.4 is 0 Å². The molecule has 0 unspecified atom stereocenters. The molecule has 74 valence electrons. The summed E-state index contributed by atoms with van der Waals surface area (Å²) < 4.78 is 4.75. The molecule has 0 saturated heterocycles. The quantitative estimate of drug-likeness (QED) is 0.653. The summed E-state index contributed by atoms with van der Waals surface area (Å²) in [5.74, 6) is -0.360. The first-order valence-corrected chi connectivity index (χ1v) is 4.68. The van der Waals surface area contributed by atoms with E-state index in [2.05, 4.69) is 20.7 Å². The van der Waals surface area contributed by atoms with Crippen LogP contribution in [0.2, 0.25) is 0 Å². The number of esters is 1. The molecule has 0 aromatic heterocycles. The number of carbonyl (C=O) groups is 1. The molecule has 1 aromatic rings. The Bertz CT molecular complexity index is 371. The molecule has 1 aromatic carbocycles. The van der Waals surface area contributed by atoms with Crippen molar-refractivity contribution in [2.24, 2.45) is 0 Å². The molecule has 14 heavy (non-hydrogen) atoms. The fourth-order valence-electron chi connectivity index (χ4n) is 0.903. The molecule has 0 saturated carbocycles. The van der Waals surface area contributed by atoms with E-state index in [1.165, 1.54) is 13.2 Å². The number of methoxy groups -OCH3 is 1. The van der Waals surface area contributed by atoms with Gasteiger partial charge in [0.25, 0.3) is 0 Å². The van der Waals surface area contributed by atoms with Crippen LogP contribution in [0, 0.1) is 0 Å². The lowest BCUT2D eigenvalue weighted by Gasteiger charge is -1.99. The van der Waals surface area contributed by atoms with Crippen molar-refractivity contribution in [1.82, 2.24) is 0 Å². The SMILES string of the molecule is COC(=O)/C(Br)=C/c1ccccc1O. The molecule has 0 amide bonds. The molecule has 0 spiro atoms. The van der Waals surface area contributed by atoms with Gasteiger partial charge in [-0.1, -0.05) is 18.2 Å². The van der Waals surface area contributed by atoms with Gasteiger partial charge >= 0.3 is 5.97 Å². The average Bonchev–Trinajstić information content (AvgIpc) is 2.20. The van der Waals surface area contributed by atoms with E-state index in [1.807, 2.05) is 0 Å². The third kappa shape index (κ3) is 2.60. The summed E-state index contributed by atoms with van der Waals surface area (Å²) >= 11 is 3.05. The normalized spacial score (nSPS) is 11.1. The van der Waals surface area contributed by atoms with E-state index in [1.54, 1.807) is 24.3 Å². The number of carbonyl (C=O) groups excluding carboxylic acids is 1. The van der Waals surface area contributed by atoms with Crippen molar-refractivity contribution in [2.75, 3.05) is 7.11 Å². The van der Waals surface area contributed by atoms with Crippen LogP contribution in [0.5, 0.6) is 5.75 Å². The van der Waals surface area contributed by atoms with Gasteiger partial charge in [0.05, 0.1) is 7.11 Å². The van der Waals surface area contributed by atoms with Gasteiger partial charge in [-0.15, -0.1) is 0 Å². The van der Waals surface area contributed by atoms with Crippen LogP contribution in [-0.2, 0) is 9.53 Å². The van der Waals surface area contributed by atoms with Crippen molar-refractivity contribution in [1.29, 1.82) is 0 Å². The molecule has 4 heteroatoms. The van der Waals surface area contributed by atoms with E-state index < -0.39 is 5.97 Å². The lowest BCUT2D eigenvalue weighted by atomic mass is 10.2. The molecule has 1 rings (SSSR count). The van der Waals surface area contributed by atoms with Crippen LogP contribution in [0.3, 0.4) is 0 Å². The van der Waals surface area contributed by atoms with Crippen LogP contribution >= 0.6 is 15.9 Å². The maximum Gasteiger partial charge on any atom is 0.344 e. The minimum Gasteiger partial charge on any atom is -0.507 e. The second-order valence-electron chi connectivity index (χ2n) is 2.54. The number of para-hydroxylation sites is 1. The van der Waals surface area contributed by atoms with Crippen molar-refractivity contribution in [2.45, 2.75) is 0 Å². The lowest BCUT2D eigenvalue weighted by Crippen LogP contribution is -1.98. The highest BCUT2D eigenvalue weighted by molar-refractivity contribution is 9.12. The Kier molecular flexibility index (Phi) is 3.71. The molecule has 1 N–H and O–H groups in total. The minimum atomic E-state index is -0.478. The number of phenolic OH excluding ortho intramolecular Hbond substituents is 1. The van der Waals surface area contributed by atoms with Gasteiger partial charge in [0, 0.05) is 5.56 Å². The van der Waals surface area contributed by atoms with Crippen molar-refractivity contribution in [3.63, 3.8) is 0 Å². The maximum atomic E-state index is 11.0. The van der Waals surface area contributed by atoms with Gasteiger partial charge in [-0.3, -0.25) is 0 Å². The minimum absolute atomic E-state index is 0.119. The largest absolute Gasteiger partial charge is 0.507 e. The van der Waals surface area contributed by atoms with E-state index in [0.29, 0.717) is 5.56 Å². The van der Waals surface area contributed by atoms with Crippen molar-refractivity contribution >= 4 is 28.0 Å².